The van der Waals surface area contributed by atoms with Crippen molar-refractivity contribution in [3.63, 3.8) is 0 Å². The Morgan fingerprint density at radius 3 is 2.54 bits per heavy atom. The van der Waals surface area contributed by atoms with Crippen LogP contribution >= 0.6 is 0 Å². The highest BCUT2D eigenvalue weighted by molar-refractivity contribution is 5.22. The summed E-state index contributed by atoms with van der Waals surface area (Å²) in [4.78, 5) is 11.8. The number of nitrogens with one attached hydrogen (secondary N) is 1. The summed E-state index contributed by atoms with van der Waals surface area (Å²) in [5.74, 6) is 0. The molecule has 0 unspecified atom stereocenters. The summed E-state index contributed by atoms with van der Waals surface area (Å²) in [5, 5.41) is 3.21. The number of hydrogen-bond acceptors (Lipinski definition) is 1. The lowest BCUT2D eigenvalue weighted by Crippen LogP contribution is -2.33. The molecule has 0 aromatic carbocycles. The maximum absolute atomic E-state index is 11.8. The van der Waals surface area contributed by atoms with Gasteiger partial charge in [-0.2, -0.15) is 0 Å². The molecule has 1 aromatic rings. The van der Waals surface area contributed by atoms with Crippen molar-refractivity contribution in [1.82, 2.24) is 9.78 Å². The van der Waals surface area contributed by atoms with Crippen LogP contribution in [0, 0.1) is 0 Å². The van der Waals surface area contributed by atoms with Crippen LogP contribution in [-0.2, 0) is 18.4 Å². The lowest BCUT2D eigenvalue weighted by Gasteiger charge is -2.19. The number of H-pyrrole nitrogens is 1. The summed E-state index contributed by atoms with van der Waals surface area (Å²) in [5.41, 5.74) is 2.22. The normalized spacial score (nSPS) is 16.2. The van der Waals surface area contributed by atoms with Crippen molar-refractivity contribution in [2.45, 2.75) is 45.6 Å². The molecule has 0 fully saturated rings. The predicted molar refractivity (Wildman–Crippen MR) is 52.1 cm³/mol. The van der Waals surface area contributed by atoms with Crippen LogP contribution in [0.25, 0.3) is 0 Å². The zero-order valence-corrected chi connectivity index (χ0v) is 8.48. The number of rotatable bonds is 0. The molecule has 1 heterocycles. The minimum absolute atomic E-state index is 0.124. The van der Waals surface area contributed by atoms with Crippen molar-refractivity contribution in [2.24, 2.45) is 0 Å². The number of nitrogens with zero attached hydrogens (tertiary/aromatic N) is 1. The van der Waals surface area contributed by atoms with Crippen LogP contribution in [0.3, 0.4) is 0 Å². The van der Waals surface area contributed by atoms with Crippen LogP contribution in [0.4, 0.5) is 0 Å². The van der Waals surface area contributed by atoms with Crippen molar-refractivity contribution < 1.29 is 0 Å². The molecule has 1 aromatic heterocycles. The van der Waals surface area contributed by atoms with E-state index in [4.69, 9.17) is 0 Å². The molecule has 0 aliphatic heterocycles. The molecule has 0 saturated heterocycles. The van der Waals surface area contributed by atoms with Gasteiger partial charge in [0.2, 0.25) is 0 Å². The second kappa shape index (κ2) is 2.50. The molecule has 0 amide bonds. The van der Waals surface area contributed by atoms with Gasteiger partial charge in [0.15, 0.2) is 0 Å². The van der Waals surface area contributed by atoms with Crippen molar-refractivity contribution >= 4 is 0 Å². The Hall–Kier alpha value is -0.990. The van der Waals surface area contributed by atoms with E-state index in [1.54, 1.807) is 4.68 Å². The smallest absolute Gasteiger partial charge is 0.270 e. The molecule has 0 atom stereocenters. The van der Waals surface area contributed by atoms with E-state index in [1.807, 2.05) is 20.8 Å². The minimum atomic E-state index is -0.124. The number of fused-ring (bicyclic) bond motifs is 1. The molecule has 3 heteroatoms. The van der Waals surface area contributed by atoms with E-state index in [-0.39, 0.29) is 11.1 Å². The van der Waals surface area contributed by atoms with Gasteiger partial charge in [-0.1, -0.05) is 0 Å². The quantitative estimate of drug-likeness (QED) is 0.644. The molecular weight excluding hydrogens is 164 g/mol. The molecule has 3 nitrogen and oxygen atoms in total. The second-order valence-electron chi connectivity index (χ2n) is 4.73. The van der Waals surface area contributed by atoms with Gasteiger partial charge >= 0.3 is 0 Å². The first-order valence-corrected chi connectivity index (χ1v) is 4.83. The molecule has 0 saturated carbocycles. The van der Waals surface area contributed by atoms with E-state index in [0.29, 0.717) is 0 Å². The largest absolute Gasteiger partial charge is 0.299 e. The molecule has 72 valence electrons. The standard InChI is InChI=1S/C10H16N2O/c1-10(2,3)12-9(13)7-5-4-6-8(7)11-12/h11H,4-6H2,1-3H3. The first-order chi connectivity index (χ1) is 6.00. The lowest BCUT2D eigenvalue weighted by molar-refractivity contribution is 0.342. The van der Waals surface area contributed by atoms with Gasteiger partial charge in [-0.05, 0) is 40.0 Å². The topological polar surface area (TPSA) is 37.8 Å². The minimum Gasteiger partial charge on any atom is -0.299 e. The van der Waals surface area contributed by atoms with E-state index in [9.17, 15) is 4.79 Å². The highest BCUT2D eigenvalue weighted by Crippen LogP contribution is 2.19. The predicted octanol–water partition coefficient (Wildman–Crippen LogP) is 1.42. The Balaban J connectivity index is 2.58. The Bertz CT molecular complexity index is 379. The van der Waals surface area contributed by atoms with Gasteiger partial charge in [0, 0.05) is 11.3 Å². The van der Waals surface area contributed by atoms with Crippen molar-refractivity contribution in [1.29, 1.82) is 0 Å². The third kappa shape index (κ3) is 1.23. The lowest BCUT2D eigenvalue weighted by atomic mass is 10.1. The fraction of sp³-hybridized carbons (Fsp3) is 0.700. The number of aromatic nitrogens is 2. The van der Waals surface area contributed by atoms with E-state index in [0.717, 1.165) is 30.5 Å². The molecule has 1 aliphatic rings. The summed E-state index contributed by atoms with van der Waals surface area (Å²) in [6.07, 6.45) is 3.11. The van der Waals surface area contributed by atoms with Gasteiger partial charge in [-0.3, -0.25) is 9.89 Å². The van der Waals surface area contributed by atoms with Crippen molar-refractivity contribution in [3.8, 4) is 0 Å². The van der Waals surface area contributed by atoms with Gasteiger partial charge in [0.25, 0.3) is 5.56 Å². The maximum atomic E-state index is 11.8. The van der Waals surface area contributed by atoms with E-state index in [1.165, 1.54) is 0 Å². The van der Waals surface area contributed by atoms with E-state index >= 15 is 0 Å². The third-order valence-corrected chi connectivity index (χ3v) is 2.60. The molecule has 0 radical (unpaired) electrons. The van der Waals surface area contributed by atoms with Crippen molar-refractivity contribution in [2.75, 3.05) is 0 Å². The van der Waals surface area contributed by atoms with Gasteiger partial charge in [-0.25, -0.2) is 4.68 Å². The molecule has 0 spiro atoms. The fourth-order valence-corrected chi connectivity index (χ4v) is 1.90. The Kier molecular flexibility index (Phi) is 1.65. The van der Waals surface area contributed by atoms with Gasteiger partial charge in [0.1, 0.15) is 0 Å². The number of aryl methyl sites for hydroxylation is 1. The van der Waals surface area contributed by atoms with Crippen LogP contribution in [0.5, 0.6) is 0 Å². The summed E-state index contributed by atoms with van der Waals surface area (Å²) in [6.45, 7) is 6.13. The Morgan fingerprint density at radius 2 is 2.00 bits per heavy atom. The molecule has 13 heavy (non-hydrogen) atoms. The highest BCUT2D eigenvalue weighted by Gasteiger charge is 2.24. The molecule has 2 rings (SSSR count). The van der Waals surface area contributed by atoms with Crippen LogP contribution < -0.4 is 5.56 Å². The SMILES string of the molecule is CC(C)(C)n1[nH]c2c(c1=O)CCC2. The molecule has 0 bridgehead atoms. The fourth-order valence-electron chi connectivity index (χ4n) is 1.90. The summed E-state index contributed by atoms with van der Waals surface area (Å²) in [6, 6.07) is 0. The zero-order chi connectivity index (χ0) is 9.64. The van der Waals surface area contributed by atoms with E-state index in [2.05, 4.69) is 5.10 Å². The maximum Gasteiger partial charge on any atom is 0.270 e. The highest BCUT2D eigenvalue weighted by atomic mass is 16.1. The first kappa shape index (κ1) is 8.60. The number of hydrogen-bond donors (Lipinski definition) is 1. The summed E-state index contributed by atoms with van der Waals surface area (Å²) >= 11 is 0. The van der Waals surface area contributed by atoms with Gasteiger partial charge < -0.3 is 0 Å². The molecular formula is C10H16N2O. The third-order valence-electron chi connectivity index (χ3n) is 2.60. The molecule has 1 aliphatic carbocycles. The van der Waals surface area contributed by atoms with Crippen molar-refractivity contribution in [3.05, 3.63) is 21.6 Å². The average molecular weight is 180 g/mol. The number of aromatic amines is 1. The summed E-state index contributed by atoms with van der Waals surface area (Å²) in [7, 11) is 0. The average Bonchev–Trinajstić information content (AvgIpc) is 2.51. The Labute approximate surface area is 77.7 Å². The zero-order valence-electron chi connectivity index (χ0n) is 8.48. The van der Waals surface area contributed by atoms with Crippen LogP contribution in [0.2, 0.25) is 0 Å². The van der Waals surface area contributed by atoms with Crippen LogP contribution in [0.1, 0.15) is 38.4 Å². The van der Waals surface area contributed by atoms with E-state index < -0.39 is 0 Å². The Morgan fingerprint density at radius 1 is 1.31 bits per heavy atom. The monoisotopic (exact) mass is 180 g/mol. The summed E-state index contributed by atoms with van der Waals surface area (Å²) < 4.78 is 1.75. The van der Waals surface area contributed by atoms with Crippen LogP contribution in [-0.4, -0.2) is 9.78 Å². The van der Waals surface area contributed by atoms with Gasteiger partial charge in [0.05, 0.1) is 5.54 Å². The second-order valence-corrected chi connectivity index (χ2v) is 4.73. The van der Waals surface area contributed by atoms with Gasteiger partial charge in [-0.15, -0.1) is 0 Å². The van der Waals surface area contributed by atoms with Crippen LogP contribution in [0.15, 0.2) is 4.79 Å². The first-order valence-electron chi connectivity index (χ1n) is 4.83. The molecule has 1 N–H and O–H groups in total.